The molecule has 136 valence electrons. The number of carbonyl (C=O) groups excluding carboxylic acids is 2. The molecule has 27 heavy (non-hydrogen) atoms. The van der Waals surface area contributed by atoms with Crippen molar-refractivity contribution >= 4 is 29.6 Å². The van der Waals surface area contributed by atoms with Gasteiger partial charge in [0.1, 0.15) is 18.1 Å². The number of benzene rings is 2. The molecule has 6 heteroatoms. The van der Waals surface area contributed by atoms with E-state index in [1.165, 1.54) is 12.3 Å². The number of nitrogens with one attached hydrogen (secondary N) is 1. The number of amides is 1. The minimum Gasteiger partial charge on any atom is -0.466 e. The molecule has 1 heterocycles. The highest BCUT2D eigenvalue weighted by molar-refractivity contribution is 6.30. The number of carbonyl (C=O) groups is 2. The highest BCUT2D eigenvalue weighted by atomic mass is 35.5. The molecule has 0 aliphatic rings. The summed E-state index contributed by atoms with van der Waals surface area (Å²) in [5, 5.41) is 3.18. The summed E-state index contributed by atoms with van der Waals surface area (Å²) >= 11 is 5.89. The number of ether oxygens (including phenoxy) is 1. The molecule has 0 aliphatic carbocycles. The summed E-state index contributed by atoms with van der Waals surface area (Å²) in [6.07, 6.45) is 3.02. The second-order valence-electron chi connectivity index (χ2n) is 5.59. The molecule has 1 amide bonds. The van der Waals surface area contributed by atoms with Crippen LogP contribution in [0.4, 0.5) is 0 Å². The van der Waals surface area contributed by atoms with Crippen molar-refractivity contribution < 1.29 is 18.7 Å². The van der Waals surface area contributed by atoms with Crippen molar-refractivity contribution in [2.45, 2.75) is 6.61 Å². The normalized spacial score (nSPS) is 11.1. The lowest BCUT2D eigenvalue weighted by atomic mass is 10.1. The third kappa shape index (κ3) is 5.33. The van der Waals surface area contributed by atoms with E-state index < -0.39 is 11.9 Å². The SMILES string of the molecule is O=C(OCc1ccco1)/C(=C/c1ccc(Cl)cc1)NC(=O)c1ccccc1. The van der Waals surface area contributed by atoms with E-state index in [4.69, 9.17) is 20.8 Å². The first-order valence-corrected chi connectivity index (χ1v) is 8.53. The number of rotatable bonds is 6. The smallest absolute Gasteiger partial charge is 0.355 e. The zero-order valence-corrected chi connectivity index (χ0v) is 15.0. The van der Waals surface area contributed by atoms with Crippen molar-refractivity contribution in [3.05, 3.63) is 101 Å². The molecule has 3 rings (SSSR count). The fraction of sp³-hybridized carbons (Fsp3) is 0.0476. The summed E-state index contributed by atoms with van der Waals surface area (Å²) in [5.41, 5.74) is 1.13. The van der Waals surface area contributed by atoms with Gasteiger partial charge in [0.05, 0.1) is 6.26 Å². The van der Waals surface area contributed by atoms with Gasteiger partial charge >= 0.3 is 5.97 Å². The summed E-state index contributed by atoms with van der Waals surface area (Å²) in [4.78, 5) is 24.9. The van der Waals surface area contributed by atoms with Crippen LogP contribution in [0.2, 0.25) is 5.02 Å². The van der Waals surface area contributed by atoms with E-state index in [1.807, 2.05) is 0 Å². The second-order valence-corrected chi connectivity index (χ2v) is 6.02. The molecule has 0 bridgehead atoms. The van der Waals surface area contributed by atoms with Crippen LogP contribution < -0.4 is 5.32 Å². The molecule has 3 aromatic rings. The molecule has 1 N–H and O–H groups in total. The van der Waals surface area contributed by atoms with Gasteiger partial charge in [0.2, 0.25) is 0 Å². The number of hydrogen-bond donors (Lipinski definition) is 1. The number of furan rings is 1. The van der Waals surface area contributed by atoms with E-state index >= 15 is 0 Å². The van der Waals surface area contributed by atoms with Crippen LogP contribution in [0.3, 0.4) is 0 Å². The third-order valence-corrected chi connectivity index (χ3v) is 3.86. The third-order valence-electron chi connectivity index (χ3n) is 3.61. The first kappa shape index (κ1) is 18.5. The second kappa shape index (κ2) is 8.87. The fourth-order valence-corrected chi connectivity index (χ4v) is 2.39. The maximum atomic E-state index is 12.5. The van der Waals surface area contributed by atoms with E-state index in [2.05, 4.69) is 5.32 Å². The van der Waals surface area contributed by atoms with Crippen molar-refractivity contribution in [1.29, 1.82) is 0 Å². The quantitative estimate of drug-likeness (QED) is 0.506. The molecule has 2 aromatic carbocycles. The van der Waals surface area contributed by atoms with Gasteiger partial charge in [-0.15, -0.1) is 0 Å². The van der Waals surface area contributed by atoms with Gasteiger partial charge in [-0.3, -0.25) is 4.79 Å². The molecule has 5 nitrogen and oxygen atoms in total. The van der Waals surface area contributed by atoms with Crippen LogP contribution in [0, 0.1) is 0 Å². The molecular formula is C21H16ClNO4. The van der Waals surface area contributed by atoms with Crippen LogP contribution in [0.1, 0.15) is 21.7 Å². The molecular weight excluding hydrogens is 366 g/mol. The van der Waals surface area contributed by atoms with E-state index in [-0.39, 0.29) is 12.3 Å². The van der Waals surface area contributed by atoms with Crippen molar-refractivity contribution in [2.24, 2.45) is 0 Å². The highest BCUT2D eigenvalue weighted by Crippen LogP contribution is 2.14. The van der Waals surface area contributed by atoms with Crippen LogP contribution in [0.25, 0.3) is 6.08 Å². The first-order valence-electron chi connectivity index (χ1n) is 8.15. The monoisotopic (exact) mass is 381 g/mol. The zero-order valence-electron chi connectivity index (χ0n) is 14.2. The van der Waals surface area contributed by atoms with Gasteiger partial charge in [-0.1, -0.05) is 41.9 Å². The van der Waals surface area contributed by atoms with E-state index in [0.717, 1.165) is 0 Å². The van der Waals surface area contributed by atoms with Gasteiger partial charge in [-0.25, -0.2) is 4.79 Å². The Hall–Kier alpha value is -3.31. The van der Waals surface area contributed by atoms with Crippen LogP contribution in [0.15, 0.2) is 83.1 Å². The van der Waals surface area contributed by atoms with Crippen LogP contribution in [0.5, 0.6) is 0 Å². The lowest BCUT2D eigenvalue weighted by Gasteiger charge is -2.10. The van der Waals surface area contributed by atoms with E-state index in [0.29, 0.717) is 21.9 Å². The summed E-state index contributed by atoms with van der Waals surface area (Å²) in [5.74, 6) is -0.583. The predicted octanol–water partition coefficient (Wildman–Crippen LogP) is 4.45. The first-order chi connectivity index (χ1) is 13.1. The average Bonchev–Trinajstić information content (AvgIpc) is 3.21. The molecule has 0 saturated carbocycles. The lowest BCUT2D eigenvalue weighted by molar-refractivity contribution is -0.141. The Bertz CT molecular complexity index is 932. The van der Waals surface area contributed by atoms with Crippen LogP contribution >= 0.6 is 11.6 Å². The summed E-state index contributed by atoms with van der Waals surface area (Å²) in [6.45, 7) is -0.0367. The van der Waals surface area contributed by atoms with E-state index in [1.54, 1.807) is 66.7 Å². The number of esters is 1. The van der Waals surface area contributed by atoms with Gasteiger partial charge in [-0.2, -0.15) is 0 Å². The highest BCUT2D eigenvalue weighted by Gasteiger charge is 2.16. The fourth-order valence-electron chi connectivity index (χ4n) is 2.26. The lowest BCUT2D eigenvalue weighted by Crippen LogP contribution is -2.28. The maximum absolute atomic E-state index is 12.5. The van der Waals surface area contributed by atoms with E-state index in [9.17, 15) is 9.59 Å². The van der Waals surface area contributed by atoms with Crippen LogP contribution in [-0.4, -0.2) is 11.9 Å². The number of halogens is 1. The van der Waals surface area contributed by atoms with Crippen molar-refractivity contribution in [1.82, 2.24) is 5.32 Å². The molecule has 0 spiro atoms. The topological polar surface area (TPSA) is 68.5 Å². The minimum atomic E-state index is -0.675. The summed E-state index contributed by atoms with van der Waals surface area (Å²) < 4.78 is 10.4. The van der Waals surface area contributed by atoms with Gasteiger partial charge < -0.3 is 14.5 Å². The Morgan fingerprint density at radius 3 is 2.41 bits per heavy atom. The Morgan fingerprint density at radius 1 is 1.00 bits per heavy atom. The average molecular weight is 382 g/mol. The van der Waals surface area contributed by atoms with Gasteiger partial charge in [-0.05, 0) is 48.0 Å². The molecule has 0 aliphatic heterocycles. The summed E-state index contributed by atoms with van der Waals surface area (Å²) in [6, 6.07) is 18.8. The van der Waals surface area contributed by atoms with Crippen molar-refractivity contribution in [3.8, 4) is 0 Å². The molecule has 0 saturated heterocycles. The predicted molar refractivity (Wildman–Crippen MR) is 102 cm³/mol. The van der Waals surface area contributed by atoms with Gasteiger partial charge in [0.25, 0.3) is 5.91 Å². The van der Waals surface area contributed by atoms with Gasteiger partial charge in [0.15, 0.2) is 0 Å². The molecule has 1 aromatic heterocycles. The molecule has 0 fully saturated rings. The van der Waals surface area contributed by atoms with Crippen molar-refractivity contribution in [3.63, 3.8) is 0 Å². The Morgan fingerprint density at radius 2 is 1.74 bits per heavy atom. The molecule has 0 unspecified atom stereocenters. The Kier molecular flexibility index (Phi) is 6.07. The Labute approximate surface area is 161 Å². The Balaban J connectivity index is 1.80. The van der Waals surface area contributed by atoms with Crippen LogP contribution in [-0.2, 0) is 16.1 Å². The minimum absolute atomic E-state index is 0.0118. The number of hydrogen-bond acceptors (Lipinski definition) is 4. The maximum Gasteiger partial charge on any atom is 0.355 e. The molecule has 0 atom stereocenters. The van der Waals surface area contributed by atoms with Crippen molar-refractivity contribution in [2.75, 3.05) is 0 Å². The van der Waals surface area contributed by atoms with Gasteiger partial charge in [0, 0.05) is 10.6 Å². The zero-order chi connectivity index (χ0) is 19.1. The molecule has 0 radical (unpaired) electrons. The largest absolute Gasteiger partial charge is 0.466 e. The standard InChI is InChI=1S/C21H16ClNO4/c22-17-10-8-15(9-11-17)13-19(21(25)27-14-18-7-4-12-26-18)23-20(24)16-5-2-1-3-6-16/h1-13H,14H2,(H,23,24)/b19-13-. The summed E-state index contributed by atoms with van der Waals surface area (Å²) in [7, 11) is 0.